The van der Waals surface area contributed by atoms with Crippen molar-refractivity contribution in [1.29, 1.82) is 0 Å². The van der Waals surface area contributed by atoms with E-state index < -0.39 is 18.2 Å². The lowest BCUT2D eigenvalue weighted by atomic mass is 10.3. The van der Waals surface area contributed by atoms with Gasteiger partial charge in [-0.3, -0.25) is 4.79 Å². The van der Waals surface area contributed by atoms with E-state index in [9.17, 15) is 9.18 Å². The van der Waals surface area contributed by atoms with Crippen molar-refractivity contribution in [3.8, 4) is 0 Å². The summed E-state index contributed by atoms with van der Waals surface area (Å²) in [6.45, 7) is 1.48. The molecule has 0 saturated carbocycles. The van der Waals surface area contributed by atoms with Crippen LogP contribution in [0.2, 0.25) is 0 Å². The zero-order chi connectivity index (χ0) is 7.56. The molecule has 4 heteroatoms. The number of esters is 1. The maximum atomic E-state index is 12.5. The highest BCUT2D eigenvalue weighted by molar-refractivity contribution is 5.66. The summed E-state index contributed by atoms with van der Waals surface area (Å²) in [7, 11) is 0. The van der Waals surface area contributed by atoms with Gasteiger partial charge >= 0.3 is 5.97 Å². The quantitative estimate of drug-likeness (QED) is 0.501. The molecule has 3 nitrogen and oxygen atoms in total. The zero-order valence-corrected chi connectivity index (χ0v) is 5.67. The predicted octanol–water partition coefficient (Wildman–Crippen LogP) is 0.286. The molecule has 2 unspecified atom stereocenters. The first-order chi connectivity index (χ1) is 4.70. The summed E-state index contributed by atoms with van der Waals surface area (Å²) in [5.41, 5.74) is 0. The maximum Gasteiger partial charge on any atom is 0.303 e. The number of carbonyl (C=O) groups is 1. The third kappa shape index (κ3) is 1.67. The Balaban J connectivity index is 2.33. The molecule has 1 rings (SSSR count). The fourth-order valence-corrected chi connectivity index (χ4v) is 0.830. The van der Waals surface area contributed by atoms with Gasteiger partial charge in [0.2, 0.25) is 0 Å². The third-order valence-corrected chi connectivity index (χ3v) is 1.28. The number of hydrogen-bond acceptors (Lipinski definition) is 3. The second-order valence-electron chi connectivity index (χ2n) is 2.20. The molecule has 1 saturated heterocycles. The summed E-state index contributed by atoms with van der Waals surface area (Å²) < 4.78 is 21.8. The van der Waals surface area contributed by atoms with Gasteiger partial charge in [0.1, 0.15) is 0 Å². The Bertz CT molecular complexity index is 137. The van der Waals surface area contributed by atoms with Gasteiger partial charge in [-0.2, -0.15) is 0 Å². The van der Waals surface area contributed by atoms with Crippen LogP contribution in [0.15, 0.2) is 0 Å². The molecule has 58 valence electrons. The average molecular weight is 148 g/mol. The lowest BCUT2D eigenvalue weighted by Gasteiger charge is -2.09. The summed E-state index contributed by atoms with van der Waals surface area (Å²) >= 11 is 0. The third-order valence-electron chi connectivity index (χ3n) is 1.28. The van der Waals surface area contributed by atoms with Crippen molar-refractivity contribution in [1.82, 2.24) is 0 Å². The molecule has 0 aromatic rings. The van der Waals surface area contributed by atoms with Crippen LogP contribution in [0.4, 0.5) is 4.39 Å². The topological polar surface area (TPSA) is 35.5 Å². The molecule has 0 spiro atoms. The molecule has 0 bridgehead atoms. The first-order valence-electron chi connectivity index (χ1n) is 3.09. The Morgan fingerprint density at radius 1 is 1.70 bits per heavy atom. The van der Waals surface area contributed by atoms with E-state index in [0.717, 1.165) is 0 Å². The molecule has 1 aliphatic rings. The van der Waals surface area contributed by atoms with Gasteiger partial charge in [0, 0.05) is 6.92 Å². The van der Waals surface area contributed by atoms with E-state index in [0.29, 0.717) is 0 Å². The zero-order valence-electron chi connectivity index (χ0n) is 5.67. The van der Waals surface area contributed by atoms with Crippen LogP contribution in [-0.4, -0.2) is 31.5 Å². The van der Waals surface area contributed by atoms with Crippen LogP contribution in [0.1, 0.15) is 6.92 Å². The van der Waals surface area contributed by atoms with Gasteiger partial charge in [0.05, 0.1) is 13.2 Å². The van der Waals surface area contributed by atoms with Gasteiger partial charge in [-0.1, -0.05) is 0 Å². The molecular weight excluding hydrogens is 139 g/mol. The Hall–Kier alpha value is -0.640. The van der Waals surface area contributed by atoms with E-state index >= 15 is 0 Å². The van der Waals surface area contributed by atoms with E-state index in [-0.39, 0.29) is 13.2 Å². The smallest absolute Gasteiger partial charge is 0.303 e. The van der Waals surface area contributed by atoms with E-state index in [1.165, 1.54) is 6.92 Å². The maximum absolute atomic E-state index is 12.5. The number of carbonyl (C=O) groups excluding carboxylic acids is 1. The highest BCUT2D eigenvalue weighted by Crippen LogP contribution is 2.12. The van der Waals surface area contributed by atoms with Crippen LogP contribution in [0.25, 0.3) is 0 Å². The van der Waals surface area contributed by atoms with Gasteiger partial charge in [0.25, 0.3) is 0 Å². The lowest BCUT2D eigenvalue weighted by molar-refractivity contribution is -0.148. The van der Waals surface area contributed by atoms with Crippen LogP contribution >= 0.6 is 0 Å². The van der Waals surface area contributed by atoms with E-state index in [1.807, 2.05) is 0 Å². The number of alkyl halides is 1. The highest BCUT2D eigenvalue weighted by Gasteiger charge is 2.30. The molecule has 0 radical (unpaired) electrons. The minimum absolute atomic E-state index is 0.0396. The summed E-state index contributed by atoms with van der Waals surface area (Å²) in [5, 5.41) is 0. The van der Waals surface area contributed by atoms with Crippen LogP contribution < -0.4 is 0 Å². The summed E-state index contributed by atoms with van der Waals surface area (Å²) in [6, 6.07) is 0. The highest BCUT2D eigenvalue weighted by atomic mass is 19.1. The fourth-order valence-electron chi connectivity index (χ4n) is 0.830. The fraction of sp³-hybridized carbons (Fsp3) is 0.833. The van der Waals surface area contributed by atoms with Crippen molar-refractivity contribution in [2.75, 3.05) is 13.2 Å². The number of halogens is 1. The van der Waals surface area contributed by atoms with Crippen LogP contribution in [-0.2, 0) is 14.3 Å². The van der Waals surface area contributed by atoms with Gasteiger partial charge < -0.3 is 9.47 Å². The number of hydrogen-bond donors (Lipinski definition) is 0. The molecule has 0 amide bonds. The Kier molecular flexibility index (Phi) is 2.21. The molecule has 0 aliphatic carbocycles. The standard InChI is InChI=1S/C6H9FO3/c1-4(8)10-6-3-9-2-5(6)7/h5-6H,2-3H2,1H3. The van der Waals surface area contributed by atoms with Crippen LogP contribution in [0, 0.1) is 0 Å². The molecule has 1 aliphatic heterocycles. The van der Waals surface area contributed by atoms with Crippen molar-refractivity contribution in [2.45, 2.75) is 19.2 Å². The molecule has 0 aromatic heterocycles. The summed E-state index contributed by atoms with van der Waals surface area (Å²) in [5.74, 6) is -0.460. The van der Waals surface area contributed by atoms with E-state index in [4.69, 9.17) is 4.74 Å². The first kappa shape index (κ1) is 7.47. The van der Waals surface area contributed by atoms with Crippen molar-refractivity contribution in [3.63, 3.8) is 0 Å². The Labute approximate surface area is 58.1 Å². The molecule has 0 N–H and O–H groups in total. The van der Waals surface area contributed by atoms with Crippen molar-refractivity contribution in [2.24, 2.45) is 0 Å². The second-order valence-corrected chi connectivity index (χ2v) is 2.20. The largest absolute Gasteiger partial charge is 0.457 e. The SMILES string of the molecule is CC(=O)OC1COCC1F. The number of rotatable bonds is 1. The average Bonchev–Trinajstić information content (AvgIpc) is 2.15. The van der Waals surface area contributed by atoms with Crippen LogP contribution in [0.3, 0.4) is 0 Å². The van der Waals surface area contributed by atoms with Crippen molar-refractivity contribution < 1.29 is 18.7 Å². The van der Waals surface area contributed by atoms with Gasteiger partial charge in [0.15, 0.2) is 12.3 Å². The van der Waals surface area contributed by atoms with Crippen molar-refractivity contribution >= 4 is 5.97 Å². The molecule has 0 aromatic carbocycles. The summed E-state index contributed by atoms with van der Waals surface area (Å²) in [4.78, 5) is 10.3. The Morgan fingerprint density at radius 3 is 2.80 bits per heavy atom. The normalized spacial score (nSPS) is 32.2. The predicted molar refractivity (Wildman–Crippen MR) is 31.3 cm³/mol. The lowest BCUT2D eigenvalue weighted by Crippen LogP contribution is -2.25. The van der Waals surface area contributed by atoms with Crippen molar-refractivity contribution in [3.05, 3.63) is 0 Å². The van der Waals surface area contributed by atoms with Crippen LogP contribution in [0.5, 0.6) is 0 Å². The van der Waals surface area contributed by atoms with Gasteiger partial charge in [-0.05, 0) is 0 Å². The molecular formula is C6H9FO3. The van der Waals surface area contributed by atoms with Gasteiger partial charge in [-0.15, -0.1) is 0 Å². The monoisotopic (exact) mass is 148 g/mol. The molecule has 10 heavy (non-hydrogen) atoms. The second kappa shape index (κ2) is 2.96. The Morgan fingerprint density at radius 2 is 2.40 bits per heavy atom. The summed E-state index contributed by atoms with van der Waals surface area (Å²) in [6.07, 6.45) is -1.83. The minimum atomic E-state index is -1.15. The molecule has 2 atom stereocenters. The van der Waals surface area contributed by atoms with E-state index in [1.54, 1.807) is 0 Å². The number of ether oxygens (including phenoxy) is 2. The van der Waals surface area contributed by atoms with Gasteiger partial charge in [-0.25, -0.2) is 4.39 Å². The molecule has 1 fully saturated rings. The van der Waals surface area contributed by atoms with E-state index in [2.05, 4.69) is 4.74 Å². The minimum Gasteiger partial charge on any atom is -0.457 e. The molecule has 1 heterocycles. The first-order valence-corrected chi connectivity index (χ1v) is 3.09.